The van der Waals surface area contributed by atoms with E-state index in [0.717, 1.165) is 21.8 Å². The van der Waals surface area contributed by atoms with Crippen LogP contribution in [0, 0.1) is 0 Å². The minimum absolute atomic E-state index is 0.103. The second-order valence-corrected chi connectivity index (χ2v) is 5.56. The van der Waals surface area contributed by atoms with E-state index in [-0.39, 0.29) is 11.3 Å². The van der Waals surface area contributed by atoms with Gasteiger partial charge in [-0.2, -0.15) is 15.1 Å². The lowest BCUT2D eigenvalue weighted by molar-refractivity contribution is 0.731. The molecule has 0 aliphatic rings. The minimum Gasteiger partial charge on any atom is -0.352 e. The largest absolute Gasteiger partial charge is 0.352 e. The number of H-pyrrole nitrogens is 1. The highest BCUT2D eigenvalue weighted by Crippen LogP contribution is 2.30. The van der Waals surface area contributed by atoms with E-state index >= 15 is 0 Å². The molecule has 0 bridgehead atoms. The number of benzene rings is 1. The Kier molecular flexibility index (Phi) is 3.69. The molecule has 108 valence electrons. The normalized spacial score (nSPS) is 12.6. The number of aromatic amines is 1. The highest BCUT2D eigenvalue weighted by Gasteiger charge is 2.18. The molecule has 1 aromatic carbocycles. The first-order valence-corrected chi connectivity index (χ1v) is 7.17. The van der Waals surface area contributed by atoms with Gasteiger partial charge in [-0.1, -0.05) is 23.7 Å². The van der Waals surface area contributed by atoms with Crippen molar-refractivity contribution in [3.05, 3.63) is 46.3 Å². The van der Waals surface area contributed by atoms with Crippen molar-refractivity contribution in [2.75, 3.05) is 11.9 Å². The Bertz CT molecular complexity index is 769. The molecule has 0 fully saturated rings. The Morgan fingerprint density at radius 3 is 2.57 bits per heavy atom. The average molecular weight is 322 g/mol. The third-order valence-electron chi connectivity index (χ3n) is 3.53. The average Bonchev–Trinajstić information content (AvgIpc) is 2.93. The van der Waals surface area contributed by atoms with Gasteiger partial charge in [-0.15, -0.1) is 0 Å². The fourth-order valence-corrected chi connectivity index (χ4v) is 2.50. The maximum absolute atomic E-state index is 5.98. The molecule has 2 heterocycles. The first-order valence-electron chi connectivity index (χ1n) is 6.41. The van der Waals surface area contributed by atoms with Crippen LogP contribution >= 0.6 is 23.2 Å². The topological polar surface area (TPSA) is 57.7 Å². The molecule has 1 N–H and O–H groups in total. The number of halogens is 2. The number of hydrogen-bond acceptors (Lipinski definition) is 4. The fraction of sp³-hybridized carbons (Fsp3) is 0.214. The smallest absolute Gasteiger partial charge is 0.226 e. The second-order valence-electron chi connectivity index (χ2n) is 4.79. The summed E-state index contributed by atoms with van der Waals surface area (Å²) in [4.78, 5) is 10.5. The van der Waals surface area contributed by atoms with E-state index in [1.807, 2.05) is 36.2 Å². The summed E-state index contributed by atoms with van der Waals surface area (Å²) in [5.41, 5.74) is 1.76. The summed E-state index contributed by atoms with van der Waals surface area (Å²) in [6.45, 7) is 2.09. The number of fused-ring (bicyclic) bond motifs is 1. The highest BCUT2D eigenvalue weighted by molar-refractivity contribution is 6.30. The SMILES string of the molecule is CC(c1ccc(Cl)cc1)N(C)c1nc(Cl)nc2[nH]ncc12. The third-order valence-corrected chi connectivity index (χ3v) is 3.95. The van der Waals surface area contributed by atoms with Crippen LogP contribution in [0.2, 0.25) is 10.3 Å². The summed E-state index contributed by atoms with van der Waals surface area (Å²) in [6, 6.07) is 7.85. The lowest BCUT2D eigenvalue weighted by atomic mass is 10.1. The molecule has 0 aliphatic heterocycles. The quantitative estimate of drug-likeness (QED) is 0.744. The Labute approximate surface area is 131 Å². The Morgan fingerprint density at radius 2 is 1.86 bits per heavy atom. The molecule has 0 spiro atoms. The molecule has 0 aliphatic carbocycles. The van der Waals surface area contributed by atoms with Crippen molar-refractivity contribution in [3.8, 4) is 0 Å². The van der Waals surface area contributed by atoms with Crippen LogP contribution in [0.3, 0.4) is 0 Å². The van der Waals surface area contributed by atoms with Crippen LogP contribution in [0.25, 0.3) is 11.0 Å². The van der Waals surface area contributed by atoms with E-state index < -0.39 is 0 Å². The lowest BCUT2D eigenvalue weighted by Crippen LogP contribution is -2.23. The standard InChI is InChI=1S/C14H13Cl2N5/c1-8(9-3-5-10(15)6-4-9)21(2)13-11-7-17-20-12(11)18-14(16)19-13/h3-8H,1-2H3,(H,17,18,19,20). The molecule has 0 saturated heterocycles. The Hall–Kier alpha value is -1.85. The molecular weight excluding hydrogens is 309 g/mol. The van der Waals surface area contributed by atoms with Crippen molar-refractivity contribution in [1.82, 2.24) is 20.2 Å². The summed E-state index contributed by atoms with van der Waals surface area (Å²) < 4.78 is 0. The summed E-state index contributed by atoms with van der Waals surface area (Å²) in [7, 11) is 1.96. The van der Waals surface area contributed by atoms with Gasteiger partial charge in [0.25, 0.3) is 0 Å². The van der Waals surface area contributed by atoms with Gasteiger partial charge in [0, 0.05) is 12.1 Å². The van der Waals surface area contributed by atoms with Crippen molar-refractivity contribution in [2.24, 2.45) is 0 Å². The summed E-state index contributed by atoms with van der Waals surface area (Å²) >= 11 is 11.9. The van der Waals surface area contributed by atoms with Gasteiger partial charge in [-0.25, -0.2) is 0 Å². The zero-order chi connectivity index (χ0) is 15.0. The number of hydrogen-bond donors (Lipinski definition) is 1. The van der Waals surface area contributed by atoms with Crippen molar-refractivity contribution in [3.63, 3.8) is 0 Å². The molecule has 1 atom stereocenters. The third kappa shape index (κ3) is 2.66. The zero-order valence-corrected chi connectivity index (χ0v) is 13.0. The maximum atomic E-state index is 5.98. The predicted molar refractivity (Wildman–Crippen MR) is 85.0 cm³/mol. The monoisotopic (exact) mass is 321 g/mol. The summed E-state index contributed by atoms with van der Waals surface area (Å²) in [5.74, 6) is 0.737. The van der Waals surface area contributed by atoms with Crippen molar-refractivity contribution in [1.29, 1.82) is 0 Å². The summed E-state index contributed by atoms with van der Waals surface area (Å²) in [6.07, 6.45) is 1.70. The maximum Gasteiger partial charge on any atom is 0.226 e. The van der Waals surface area contributed by atoms with E-state index in [1.54, 1.807) is 6.20 Å². The first-order chi connectivity index (χ1) is 10.1. The van der Waals surface area contributed by atoms with Gasteiger partial charge in [0.05, 0.1) is 17.6 Å². The molecule has 2 aromatic heterocycles. The van der Waals surface area contributed by atoms with Gasteiger partial charge in [0.2, 0.25) is 5.28 Å². The van der Waals surface area contributed by atoms with E-state index in [1.165, 1.54) is 0 Å². The molecule has 1 unspecified atom stereocenters. The summed E-state index contributed by atoms with van der Waals surface area (Å²) in [5, 5.41) is 8.56. The van der Waals surface area contributed by atoms with Gasteiger partial charge in [-0.3, -0.25) is 5.10 Å². The molecule has 0 saturated carbocycles. The van der Waals surface area contributed by atoms with Crippen molar-refractivity contribution in [2.45, 2.75) is 13.0 Å². The van der Waals surface area contributed by atoms with Crippen LogP contribution in [-0.2, 0) is 0 Å². The molecule has 0 amide bonds. The van der Waals surface area contributed by atoms with Crippen LogP contribution < -0.4 is 4.90 Å². The fourth-order valence-electron chi connectivity index (χ4n) is 2.21. The molecular formula is C14H13Cl2N5. The van der Waals surface area contributed by atoms with Gasteiger partial charge in [0.1, 0.15) is 5.82 Å². The van der Waals surface area contributed by atoms with Gasteiger partial charge in [0.15, 0.2) is 5.65 Å². The van der Waals surface area contributed by atoms with Crippen LogP contribution in [-0.4, -0.2) is 27.2 Å². The van der Waals surface area contributed by atoms with E-state index in [4.69, 9.17) is 23.2 Å². The van der Waals surface area contributed by atoms with Crippen molar-refractivity contribution < 1.29 is 0 Å². The van der Waals surface area contributed by atoms with Crippen LogP contribution in [0.15, 0.2) is 30.5 Å². The first kappa shape index (κ1) is 14.1. The number of anilines is 1. The molecule has 21 heavy (non-hydrogen) atoms. The van der Waals surface area contributed by atoms with Crippen LogP contribution in [0.4, 0.5) is 5.82 Å². The predicted octanol–water partition coefficient (Wildman–Crippen LogP) is 3.86. The number of aromatic nitrogens is 4. The highest BCUT2D eigenvalue weighted by atomic mass is 35.5. The van der Waals surface area contributed by atoms with Gasteiger partial charge < -0.3 is 4.90 Å². The molecule has 7 heteroatoms. The number of nitrogens with zero attached hydrogens (tertiary/aromatic N) is 4. The lowest BCUT2D eigenvalue weighted by Gasteiger charge is -2.26. The van der Waals surface area contributed by atoms with Crippen LogP contribution in [0.5, 0.6) is 0 Å². The minimum atomic E-state index is 0.103. The second kappa shape index (κ2) is 5.50. The van der Waals surface area contributed by atoms with Crippen LogP contribution in [0.1, 0.15) is 18.5 Å². The van der Waals surface area contributed by atoms with Gasteiger partial charge in [-0.05, 0) is 36.2 Å². The number of rotatable bonds is 3. The van der Waals surface area contributed by atoms with E-state index in [9.17, 15) is 0 Å². The molecule has 0 radical (unpaired) electrons. The number of nitrogens with one attached hydrogen (secondary N) is 1. The molecule has 5 nitrogen and oxygen atoms in total. The zero-order valence-electron chi connectivity index (χ0n) is 11.5. The molecule has 3 rings (SSSR count). The van der Waals surface area contributed by atoms with E-state index in [0.29, 0.717) is 5.65 Å². The van der Waals surface area contributed by atoms with E-state index in [2.05, 4.69) is 27.1 Å². The van der Waals surface area contributed by atoms with Gasteiger partial charge >= 0.3 is 0 Å². The van der Waals surface area contributed by atoms with Crippen molar-refractivity contribution >= 4 is 40.1 Å². The molecule has 3 aromatic rings. The Morgan fingerprint density at radius 1 is 1.14 bits per heavy atom. The Balaban J connectivity index is 2.01.